The van der Waals surface area contributed by atoms with Gasteiger partial charge in [-0.2, -0.15) is 5.10 Å². The van der Waals surface area contributed by atoms with Crippen LogP contribution in [-0.2, 0) is 4.79 Å². The molecule has 5 heteroatoms. The van der Waals surface area contributed by atoms with Gasteiger partial charge in [0.15, 0.2) is 0 Å². The van der Waals surface area contributed by atoms with E-state index in [2.05, 4.69) is 15.5 Å². The summed E-state index contributed by atoms with van der Waals surface area (Å²) in [4.78, 5) is 10.4. The lowest BCUT2D eigenvalue weighted by molar-refractivity contribution is -0.117. The summed E-state index contributed by atoms with van der Waals surface area (Å²) in [5, 5.41) is 10.5. The van der Waals surface area contributed by atoms with Crippen molar-refractivity contribution in [2.45, 2.75) is 13.3 Å². The van der Waals surface area contributed by atoms with Crippen molar-refractivity contribution in [1.82, 2.24) is 10.2 Å². The van der Waals surface area contributed by atoms with Gasteiger partial charge in [-0.3, -0.25) is 4.79 Å². The number of nitrogens with zero attached hydrogens (tertiary/aromatic N) is 2. The van der Waals surface area contributed by atoms with E-state index in [1.54, 1.807) is 6.20 Å². The molecule has 0 bridgehead atoms. The number of amides is 1. The molecule has 1 aromatic rings. The maximum Gasteiger partial charge on any atom is 0.219 e. The first-order valence-electron chi connectivity index (χ1n) is 4.00. The fourth-order valence-corrected chi connectivity index (χ4v) is 0.864. The summed E-state index contributed by atoms with van der Waals surface area (Å²) in [7, 11) is 0. The maximum atomic E-state index is 10.4. The molecule has 0 fully saturated rings. The zero-order valence-corrected chi connectivity index (χ0v) is 7.45. The molecule has 0 spiro atoms. The number of anilines is 1. The predicted molar refractivity (Wildman–Crippen MR) is 49.1 cm³/mol. The summed E-state index contributed by atoms with van der Waals surface area (Å²) in [5.41, 5.74) is 6.00. The number of nitrogens with two attached hydrogens (primary N) is 1. The molecule has 1 heterocycles. The number of nitrogens with one attached hydrogen (secondary N) is 1. The Hall–Kier alpha value is -1.65. The number of hydrogen-bond donors (Lipinski definition) is 2. The van der Waals surface area contributed by atoms with Crippen molar-refractivity contribution in [3.8, 4) is 0 Å². The van der Waals surface area contributed by atoms with Gasteiger partial charge in [0.05, 0.1) is 6.20 Å². The number of hydrogen-bond acceptors (Lipinski definition) is 4. The molecule has 0 aliphatic heterocycles. The van der Waals surface area contributed by atoms with Crippen LogP contribution in [0, 0.1) is 6.92 Å². The molecule has 0 atom stereocenters. The molecule has 70 valence electrons. The Morgan fingerprint density at radius 3 is 3.08 bits per heavy atom. The van der Waals surface area contributed by atoms with Crippen LogP contribution < -0.4 is 11.1 Å². The second-order valence-electron chi connectivity index (χ2n) is 2.76. The Morgan fingerprint density at radius 1 is 1.69 bits per heavy atom. The summed E-state index contributed by atoms with van der Waals surface area (Å²) < 4.78 is 0. The van der Waals surface area contributed by atoms with Gasteiger partial charge in [-0.25, -0.2) is 0 Å². The third-order valence-electron chi connectivity index (χ3n) is 1.47. The van der Waals surface area contributed by atoms with Crippen molar-refractivity contribution < 1.29 is 4.79 Å². The van der Waals surface area contributed by atoms with Crippen molar-refractivity contribution >= 4 is 11.7 Å². The standard InChI is InChI=1S/C8H12N4O/c1-6-4-8(12-11-5-6)10-3-2-7(9)13/h4-5H,2-3H2,1H3,(H2,9,13)(H,10,12). The predicted octanol–water partition coefficient (Wildman–Crippen LogP) is 0.0723. The lowest BCUT2D eigenvalue weighted by atomic mass is 10.3. The minimum atomic E-state index is -0.326. The van der Waals surface area contributed by atoms with E-state index in [1.165, 1.54) is 0 Å². The Balaban J connectivity index is 2.41. The number of carbonyl (C=O) groups is 1. The van der Waals surface area contributed by atoms with Crippen LogP contribution in [0.4, 0.5) is 5.82 Å². The van der Waals surface area contributed by atoms with E-state index in [0.717, 1.165) is 5.56 Å². The molecule has 0 aliphatic carbocycles. The first-order valence-corrected chi connectivity index (χ1v) is 4.00. The Kier molecular flexibility index (Phi) is 3.19. The maximum absolute atomic E-state index is 10.4. The van der Waals surface area contributed by atoms with Gasteiger partial charge in [0.25, 0.3) is 0 Å². The van der Waals surface area contributed by atoms with E-state index in [4.69, 9.17) is 5.73 Å². The van der Waals surface area contributed by atoms with Gasteiger partial charge in [-0.15, -0.1) is 5.10 Å². The zero-order valence-electron chi connectivity index (χ0n) is 7.45. The minimum Gasteiger partial charge on any atom is -0.370 e. The van der Waals surface area contributed by atoms with Crippen LogP contribution in [0.5, 0.6) is 0 Å². The molecular formula is C8H12N4O. The van der Waals surface area contributed by atoms with E-state index in [1.807, 2.05) is 13.0 Å². The molecule has 0 unspecified atom stereocenters. The molecule has 13 heavy (non-hydrogen) atoms. The van der Waals surface area contributed by atoms with Crippen LogP contribution in [0.2, 0.25) is 0 Å². The molecule has 0 saturated heterocycles. The highest BCUT2D eigenvalue weighted by Gasteiger charge is 1.96. The first-order chi connectivity index (χ1) is 6.18. The highest BCUT2D eigenvalue weighted by atomic mass is 16.1. The molecule has 0 saturated carbocycles. The van der Waals surface area contributed by atoms with E-state index in [-0.39, 0.29) is 5.91 Å². The Morgan fingerprint density at radius 2 is 2.46 bits per heavy atom. The van der Waals surface area contributed by atoms with Crippen LogP contribution in [-0.4, -0.2) is 22.6 Å². The smallest absolute Gasteiger partial charge is 0.219 e. The Labute approximate surface area is 76.4 Å². The third kappa shape index (κ3) is 3.50. The molecule has 1 amide bonds. The van der Waals surface area contributed by atoms with E-state index >= 15 is 0 Å². The zero-order chi connectivity index (χ0) is 9.68. The van der Waals surface area contributed by atoms with Crippen molar-refractivity contribution in [2.24, 2.45) is 5.73 Å². The normalized spacial score (nSPS) is 9.62. The fourth-order valence-electron chi connectivity index (χ4n) is 0.864. The highest BCUT2D eigenvalue weighted by molar-refractivity contribution is 5.74. The summed E-state index contributed by atoms with van der Waals surface area (Å²) in [6, 6.07) is 1.86. The number of aromatic nitrogens is 2. The van der Waals surface area contributed by atoms with Gasteiger partial charge >= 0.3 is 0 Å². The summed E-state index contributed by atoms with van der Waals surface area (Å²) in [6.45, 7) is 2.42. The fraction of sp³-hybridized carbons (Fsp3) is 0.375. The van der Waals surface area contributed by atoms with Gasteiger partial charge in [-0.1, -0.05) is 0 Å². The minimum absolute atomic E-state index is 0.301. The lowest BCUT2D eigenvalue weighted by Gasteiger charge is -2.02. The summed E-state index contributed by atoms with van der Waals surface area (Å²) >= 11 is 0. The molecular weight excluding hydrogens is 168 g/mol. The van der Waals surface area contributed by atoms with Crippen molar-refractivity contribution in [1.29, 1.82) is 0 Å². The lowest BCUT2D eigenvalue weighted by Crippen LogP contribution is -2.16. The molecule has 1 rings (SSSR count). The van der Waals surface area contributed by atoms with E-state index in [9.17, 15) is 4.79 Å². The van der Waals surface area contributed by atoms with Gasteiger partial charge in [0, 0.05) is 13.0 Å². The summed E-state index contributed by atoms with van der Waals surface area (Å²) in [5.74, 6) is 0.342. The molecule has 1 aromatic heterocycles. The third-order valence-corrected chi connectivity index (χ3v) is 1.47. The molecule has 0 aliphatic rings. The number of carbonyl (C=O) groups excluding carboxylic acids is 1. The second-order valence-corrected chi connectivity index (χ2v) is 2.76. The van der Waals surface area contributed by atoms with Gasteiger partial charge < -0.3 is 11.1 Å². The largest absolute Gasteiger partial charge is 0.370 e. The van der Waals surface area contributed by atoms with Crippen LogP contribution in [0.1, 0.15) is 12.0 Å². The topological polar surface area (TPSA) is 80.9 Å². The molecule has 0 radical (unpaired) electrons. The van der Waals surface area contributed by atoms with Crippen LogP contribution in [0.3, 0.4) is 0 Å². The quantitative estimate of drug-likeness (QED) is 0.687. The molecule has 5 nitrogen and oxygen atoms in total. The van der Waals surface area contributed by atoms with Crippen LogP contribution >= 0.6 is 0 Å². The van der Waals surface area contributed by atoms with Gasteiger partial charge in [0.1, 0.15) is 5.82 Å². The average Bonchev–Trinajstić information content (AvgIpc) is 2.03. The molecule has 0 aromatic carbocycles. The number of aryl methyl sites for hydroxylation is 1. The monoisotopic (exact) mass is 180 g/mol. The highest BCUT2D eigenvalue weighted by Crippen LogP contribution is 2.02. The van der Waals surface area contributed by atoms with Crippen molar-refractivity contribution in [3.05, 3.63) is 17.8 Å². The average molecular weight is 180 g/mol. The second kappa shape index (κ2) is 4.39. The SMILES string of the molecule is Cc1cnnc(NCCC(N)=O)c1. The number of primary amides is 1. The van der Waals surface area contributed by atoms with Crippen LogP contribution in [0.15, 0.2) is 12.3 Å². The first kappa shape index (κ1) is 9.44. The Bertz CT molecular complexity index is 300. The van der Waals surface area contributed by atoms with Gasteiger partial charge in [0.2, 0.25) is 5.91 Å². The van der Waals surface area contributed by atoms with Crippen molar-refractivity contribution in [2.75, 3.05) is 11.9 Å². The van der Waals surface area contributed by atoms with E-state index < -0.39 is 0 Å². The van der Waals surface area contributed by atoms with Crippen LogP contribution in [0.25, 0.3) is 0 Å². The van der Waals surface area contributed by atoms with E-state index in [0.29, 0.717) is 18.8 Å². The molecule has 3 N–H and O–H groups in total. The van der Waals surface area contributed by atoms with Gasteiger partial charge in [-0.05, 0) is 18.6 Å². The summed E-state index contributed by atoms with van der Waals surface area (Å²) in [6.07, 6.45) is 1.97. The number of rotatable bonds is 4. The van der Waals surface area contributed by atoms with Crippen molar-refractivity contribution in [3.63, 3.8) is 0 Å².